The summed E-state index contributed by atoms with van der Waals surface area (Å²) < 4.78 is 0. The molecule has 1 aromatic carbocycles. The normalized spacial score (nSPS) is 18.7. The van der Waals surface area contributed by atoms with Crippen LogP contribution in [0.3, 0.4) is 0 Å². The highest BCUT2D eigenvalue weighted by atomic mass is 16.4. The van der Waals surface area contributed by atoms with E-state index in [-0.39, 0.29) is 0 Å². The van der Waals surface area contributed by atoms with Crippen molar-refractivity contribution in [2.45, 2.75) is 25.7 Å². The van der Waals surface area contributed by atoms with Crippen molar-refractivity contribution >= 4 is 11.7 Å². The molecule has 0 bridgehead atoms. The number of carbonyl (C=O) groups is 1. The Morgan fingerprint density at radius 2 is 1.56 bits per heavy atom. The zero-order chi connectivity index (χ0) is 12.5. The molecule has 0 aliphatic heterocycles. The van der Waals surface area contributed by atoms with E-state index in [2.05, 4.69) is 4.90 Å². The molecule has 0 aromatic heterocycles. The first-order chi connectivity index (χ1) is 8.72. The molecule has 3 rings (SSSR count). The third kappa shape index (κ3) is 2.84. The summed E-state index contributed by atoms with van der Waals surface area (Å²) in [5.74, 6) is 0.878. The van der Waals surface area contributed by atoms with E-state index in [1.54, 1.807) is 12.1 Å². The average Bonchev–Trinajstić information content (AvgIpc) is 3.23. The van der Waals surface area contributed by atoms with E-state index in [0.29, 0.717) is 5.56 Å². The first kappa shape index (κ1) is 11.6. The van der Waals surface area contributed by atoms with Gasteiger partial charge in [0.15, 0.2) is 0 Å². The standard InChI is InChI=1S/C15H19NO2/c17-15(18)13-5-7-14(8-6-13)16(9-11-1-2-11)10-12-3-4-12/h5-8,11-12H,1-4,9-10H2,(H,17,18). The number of nitrogens with zero attached hydrogens (tertiary/aromatic N) is 1. The smallest absolute Gasteiger partial charge is 0.335 e. The minimum atomic E-state index is -0.850. The van der Waals surface area contributed by atoms with Crippen molar-refractivity contribution in [1.82, 2.24) is 0 Å². The van der Waals surface area contributed by atoms with E-state index in [0.717, 1.165) is 24.9 Å². The summed E-state index contributed by atoms with van der Waals surface area (Å²) in [4.78, 5) is 13.3. The zero-order valence-electron chi connectivity index (χ0n) is 10.5. The molecular weight excluding hydrogens is 226 g/mol. The van der Waals surface area contributed by atoms with E-state index < -0.39 is 5.97 Å². The molecule has 3 heteroatoms. The number of carboxylic acid groups (broad SMARTS) is 1. The number of anilines is 1. The lowest BCUT2D eigenvalue weighted by atomic mass is 10.2. The molecule has 2 aliphatic carbocycles. The van der Waals surface area contributed by atoms with Crippen molar-refractivity contribution in [2.75, 3.05) is 18.0 Å². The number of carboxylic acids is 1. The minimum Gasteiger partial charge on any atom is -0.478 e. The molecule has 0 spiro atoms. The number of benzene rings is 1. The summed E-state index contributed by atoms with van der Waals surface area (Å²) in [6.45, 7) is 2.28. The first-order valence-electron chi connectivity index (χ1n) is 6.80. The maximum atomic E-state index is 10.8. The largest absolute Gasteiger partial charge is 0.478 e. The van der Waals surface area contributed by atoms with E-state index in [4.69, 9.17) is 5.11 Å². The molecule has 0 amide bonds. The van der Waals surface area contributed by atoms with Gasteiger partial charge in [0.25, 0.3) is 0 Å². The minimum absolute atomic E-state index is 0.372. The number of hydrogen-bond donors (Lipinski definition) is 1. The summed E-state index contributed by atoms with van der Waals surface area (Å²) in [6, 6.07) is 7.33. The van der Waals surface area contributed by atoms with Gasteiger partial charge in [0, 0.05) is 18.8 Å². The zero-order valence-corrected chi connectivity index (χ0v) is 10.5. The molecule has 1 aromatic rings. The molecule has 2 fully saturated rings. The van der Waals surface area contributed by atoms with Gasteiger partial charge in [-0.15, -0.1) is 0 Å². The maximum absolute atomic E-state index is 10.8. The highest BCUT2D eigenvalue weighted by Crippen LogP contribution is 2.35. The molecule has 96 valence electrons. The average molecular weight is 245 g/mol. The van der Waals surface area contributed by atoms with Crippen LogP contribution in [0.4, 0.5) is 5.69 Å². The van der Waals surface area contributed by atoms with Crippen LogP contribution in [0.1, 0.15) is 36.0 Å². The second-order valence-electron chi connectivity index (χ2n) is 5.64. The van der Waals surface area contributed by atoms with Gasteiger partial charge in [0.2, 0.25) is 0 Å². The van der Waals surface area contributed by atoms with Crippen LogP contribution in [0.25, 0.3) is 0 Å². The molecule has 0 heterocycles. The molecule has 2 aliphatic rings. The first-order valence-corrected chi connectivity index (χ1v) is 6.80. The Hall–Kier alpha value is -1.51. The highest BCUT2D eigenvalue weighted by Gasteiger charge is 2.29. The summed E-state index contributed by atoms with van der Waals surface area (Å²) in [5, 5.41) is 8.91. The fourth-order valence-electron chi connectivity index (χ4n) is 2.32. The lowest BCUT2D eigenvalue weighted by molar-refractivity contribution is 0.0697. The van der Waals surface area contributed by atoms with Crippen LogP contribution >= 0.6 is 0 Å². The Balaban J connectivity index is 1.72. The third-order valence-electron chi connectivity index (χ3n) is 3.83. The van der Waals surface area contributed by atoms with E-state index >= 15 is 0 Å². The van der Waals surface area contributed by atoms with Crippen LogP contribution in [0.5, 0.6) is 0 Å². The van der Waals surface area contributed by atoms with Gasteiger partial charge in [0.05, 0.1) is 5.56 Å². The van der Waals surface area contributed by atoms with Gasteiger partial charge in [-0.1, -0.05) is 0 Å². The monoisotopic (exact) mass is 245 g/mol. The van der Waals surface area contributed by atoms with Crippen molar-refractivity contribution in [2.24, 2.45) is 11.8 Å². The van der Waals surface area contributed by atoms with Gasteiger partial charge in [-0.25, -0.2) is 4.79 Å². The van der Waals surface area contributed by atoms with Gasteiger partial charge in [-0.3, -0.25) is 0 Å². The lowest BCUT2D eigenvalue weighted by Gasteiger charge is -2.25. The fourth-order valence-corrected chi connectivity index (χ4v) is 2.32. The highest BCUT2D eigenvalue weighted by molar-refractivity contribution is 5.88. The van der Waals surface area contributed by atoms with Crippen LogP contribution in [-0.4, -0.2) is 24.2 Å². The Morgan fingerprint density at radius 1 is 1.06 bits per heavy atom. The third-order valence-corrected chi connectivity index (χ3v) is 3.83. The summed E-state index contributed by atoms with van der Waals surface area (Å²) in [7, 11) is 0. The van der Waals surface area contributed by atoms with Crippen molar-refractivity contribution in [3.63, 3.8) is 0 Å². The number of rotatable bonds is 6. The fraction of sp³-hybridized carbons (Fsp3) is 0.533. The molecule has 1 N–H and O–H groups in total. The van der Waals surface area contributed by atoms with Crippen LogP contribution in [0, 0.1) is 11.8 Å². The molecule has 3 nitrogen and oxygen atoms in total. The molecule has 18 heavy (non-hydrogen) atoms. The molecule has 0 saturated heterocycles. The molecule has 0 unspecified atom stereocenters. The lowest BCUT2D eigenvalue weighted by Crippen LogP contribution is -2.28. The van der Waals surface area contributed by atoms with E-state index in [1.165, 1.54) is 31.4 Å². The summed E-state index contributed by atoms with van der Waals surface area (Å²) in [6.07, 6.45) is 5.42. The van der Waals surface area contributed by atoms with Crippen molar-refractivity contribution in [3.8, 4) is 0 Å². The SMILES string of the molecule is O=C(O)c1ccc(N(CC2CC2)CC2CC2)cc1. The predicted octanol–water partition coefficient (Wildman–Crippen LogP) is 3.01. The van der Waals surface area contributed by atoms with E-state index in [1.807, 2.05) is 12.1 Å². The van der Waals surface area contributed by atoms with Crippen LogP contribution < -0.4 is 4.90 Å². The van der Waals surface area contributed by atoms with Gasteiger partial charge in [-0.2, -0.15) is 0 Å². The van der Waals surface area contributed by atoms with Crippen LogP contribution in [-0.2, 0) is 0 Å². The summed E-state index contributed by atoms with van der Waals surface area (Å²) in [5.41, 5.74) is 1.55. The Bertz CT molecular complexity index is 418. The van der Waals surface area contributed by atoms with Crippen molar-refractivity contribution < 1.29 is 9.90 Å². The Kier molecular flexibility index (Phi) is 2.98. The Morgan fingerprint density at radius 3 is 1.94 bits per heavy atom. The second-order valence-corrected chi connectivity index (χ2v) is 5.64. The predicted molar refractivity (Wildman–Crippen MR) is 71.1 cm³/mol. The second kappa shape index (κ2) is 4.63. The molecular formula is C15H19NO2. The molecule has 0 atom stereocenters. The van der Waals surface area contributed by atoms with Crippen LogP contribution in [0.2, 0.25) is 0 Å². The summed E-state index contributed by atoms with van der Waals surface area (Å²) >= 11 is 0. The topological polar surface area (TPSA) is 40.5 Å². The van der Waals surface area contributed by atoms with Crippen molar-refractivity contribution in [1.29, 1.82) is 0 Å². The van der Waals surface area contributed by atoms with Gasteiger partial charge >= 0.3 is 5.97 Å². The van der Waals surface area contributed by atoms with Gasteiger partial charge < -0.3 is 10.0 Å². The number of hydrogen-bond acceptors (Lipinski definition) is 2. The molecule has 0 radical (unpaired) electrons. The van der Waals surface area contributed by atoms with Crippen molar-refractivity contribution in [3.05, 3.63) is 29.8 Å². The van der Waals surface area contributed by atoms with Crippen LogP contribution in [0.15, 0.2) is 24.3 Å². The quantitative estimate of drug-likeness (QED) is 0.837. The van der Waals surface area contributed by atoms with Gasteiger partial charge in [0.1, 0.15) is 0 Å². The number of aromatic carboxylic acids is 1. The maximum Gasteiger partial charge on any atom is 0.335 e. The molecule has 2 saturated carbocycles. The van der Waals surface area contributed by atoms with Gasteiger partial charge in [-0.05, 0) is 61.8 Å². The Labute approximate surface area is 107 Å². The van der Waals surface area contributed by atoms with E-state index in [9.17, 15) is 4.79 Å².